The van der Waals surface area contributed by atoms with Gasteiger partial charge in [-0.1, -0.05) is 54.6 Å². The standard InChI is InChI=1S/C18H18N2O/c19-14-20-11-6-12-21-18(15-7-2-1-3-8-15)17-10-5-4-9-16(17)13-20/h1-5,7-10,18H,6,11-13H2/t18-/m1/s1. The Balaban J connectivity index is 2.02. The van der Waals surface area contributed by atoms with E-state index in [0.717, 1.165) is 29.7 Å². The van der Waals surface area contributed by atoms with E-state index in [1.165, 1.54) is 0 Å². The van der Waals surface area contributed by atoms with Gasteiger partial charge < -0.3 is 9.64 Å². The van der Waals surface area contributed by atoms with Crippen LogP contribution in [-0.2, 0) is 11.3 Å². The first-order valence-corrected chi connectivity index (χ1v) is 7.27. The third-order valence-corrected chi connectivity index (χ3v) is 3.80. The molecule has 0 amide bonds. The minimum absolute atomic E-state index is 0.0546. The van der Waals surface area contributed by atoms with Crippen LogP contribution in [0.1, 0.15) is 29.2 Å². The second kappa shape index (κ2) is 6.43. The summed E-state index contributed by atoms with van der Waals surface area (Å²) in [5, 5.41) is 9.24. The molecule has 0 spiro atoms. The predicted molar refractivity (Wildman–Crippen MR) is 81.3 cm³/mol. The van der Waals surface area contributed by atoms with Gasteiger partial charge in [-0.3, -0.25) is 0 Å². The maximum atomic E-state index is 9.24. The van der Waals surface area contributed by atoms with E-state index >= 15 is 0 Å². The summed E-state index contributed by atoms with van der Waals surface area (Å²) < 4.78 is 6.13. The lowest BCUT2D eigenvalue weighted by molar-refractivity contribution is 0.0773. The molecular weight excluding hydrogens is 260 g/mol. The zero-order valence-electron chi connectivity index (χ0n) is 11.9. The smallest absolute Gasteiger partial charge is 0.179 e. The molecule has 1 heterocycles. The number of ether oxygens (including phenoxy) is 1. The molecule has 3 nitrogen and oxygen atoms in total. The zero-order valence-corrected chi connectivity index (χ0v) is 11.9. The van der Waals surface area contributed by atoms with Crippen LogP contribution in [0.15, 0.2) is 54.6 Å². The van der Waals surface area contributed by atoms with Gasteiger partial charge in [-0.2, -0.15) is 5.26 Å². The van der Waals surface area contributed by atoms with E-state index in [1.54, 1.807) is 4.90 Å². The second-order valence-electron chi connectivity index (χ2n) is 5.24. The van der Waals surface area contributed by atoms with Crippen LogP contribution in [0, 0.1) is 11.5 Å². The van der Waals surface area contributed by atoms with E-state index in [0.29, 0.717) is 13.2 Å². The van der Waals surface area contributed by atoms with Crippen LogP contribution in [0.4, 0.5) is 0 Å². The molecule has 0 unspecified atom stereocenters. The molecule has 3 rings (SSSR count). The van der Waals surface area contributed by atoms with Crippen molar-refractivity contribution in [2.75, 3.05) is 13.2 Å². The number of nitriles is 1. The fraction of sp³-hybridized carbons (Fsp3) is 0.278. The van der Waals surface area contributed by atoms with Gasteiger partial charge in [0.05, 0.1) is 6.54 Å². The first-order valence-electron chi connectivity index (χ1n) is 7.27. The third kappa shape index (κ3) is 3.07. The fourth-order valence-electron chi connectivity index (χ4n) is 2.75. The first kappa shape index (κ1) is 13.7. The monoisotopic (exact) mass is 278 g/mol. The molecule has 0 N–H and O–H groups in total. The number of rotatable bonds is 1. The molecule has 0 aliphatic carbocycles. The minimum atomic E-state index is -0.0546. The van der Waals surface area contributed by atoms with Crippen LogP contribution in [-0.4, -0.2) is 18.1 Å². The first-order chi connectivity index (χ1) is 10.4. The minimum Gasteiger partial charge on any atom is -0.369 e. The van der Waals surface area contributed by atoms with Crippen molar-refractivity contribution in [3.63, 3.8) is 0 Å². The summed E-state index contributed by atoms with van der Waals surface area (Å²) in [4.78, 5) is 1.80. The second-order valence-corrected chi connectivity index (χ2v) is 5.24. The molecule has 106 valence electrons. The van der Waals surface area contributed by atoms with E-state index in [-0.39, 0.29) is 6.10 Å². The van der Waals surface area contributed by atoms with Crippen LogP contribution in [0.2, 0.25) is 0 Å². The van der Waals surface area contributed by atoms with E-state index < -0.39 is 0 Å². The van der Waals surface area contributed by atoms with Crippen LogP contribution in [0.5, 0.6) is 0 Å². The van der Waals surface area contributed by atoms with Crippen molar-refractivity contribution < 1.29 is 4.74 Å². The Hall–Kier alpha value is -2.31. The highest BCUT2D eigenvalue weighted by Gasteiger charge is 2.20. The fourth-order valence-corrected chi connectivity index (χ4v) is 2.75. The molecule has 0 bridgehead atoms. The van der Waals surface area contributed by atoms with E-state index in [2.05, 4.69) is 30.5 Å². The van der Waals surface area contributed by atoms with Crippen molar-refractivity contribution in [3.05, 3.63) is 71.3 Å². The molecule has 0 radical (unpaired) electrons. The van der Waals surface area contributed by atoms with E-state index in [9.17, 15) is 5.26 Å². The molecule has 3 heteroatoms. The van der Waals surface area contributed by atoms with Gasteiger partial charge in [0.2, 0.25) is 0 Å². The molecule has 1 aliphatic heterocycles. The zero-order chi connectivity index (χ0) is 14.5. The number of fused-ring (bicyclic) bond motifs is 1. The summed E-state index contributed by atoms with van der Waals surface area (Å²) in [5.41, 5.74) is 3.48. The lowest BCUT2D eigenvalue weighted by Crippen LogP contribution is -2.19. The van der Waals surface area contributed by atoms with Crippen LogP contribution < -0.4 is 0 Å². The highest BCUT2D eigenvalue weighted by Crippen LogP contribution is 2.30. The Labute approximate surface area is 125 Å². The maximum absolute atomic E-state index is 9.24. The summed E-state index contributed by atoms with van der Waals surface area (Å²) in [7, 11) is 0. The normalized spacial score (nSPS) is 18.8. The Morgan fingerprint density at radius 3 is 2.62 bits per heavy atom. The quantitative estimate of drug-likeness (QED) is 0.749. The summed E-state index contributed by atoms with van der Waals surface area (Å²) in [5.74, 6) is 0. The largest absolute Gasteiger partial charge is 0.369 e. The molecule has 0 saturated carbocycles. The highest BCUT2D eigenvalue weighted by molar-refractivity contribution is 5.36. The highest BCUT2D eigenvalue weighted by atomic mass is 16.5. The summed E-state index contributed by atoms with van der Waals surface area (Å²) in [6.45, 7) is 2.05. The van der Waals surface area contributed by atoms with E-state index in [1.807, 2.05) is 30.3 Å². The van der Waals surface area contributed by atoms with Gasteiger partial charge in [0.15, 0.2) is 6.19 Å². The predicted octanol–water partition coefficient (Wildman–Crippen LogP) is 3.48. The Morgan fingerprint density at radius 1 is 1.05 bits per heavy atom. The average Bonchev–Trinajstić information content (AvgIpc) is 2.64. The molecule has 21 heavy (non-hydrogen) atoms. The van der Waals surface area contributed by atoms with E-state index in [4.69, 9.17) is 4.74 Å². The van der Waals surface area contributed by atoms with Gasteiger partial charge >= 0.3 is 0 Å². The molecule has 2 aromatic rings. The van der Waals surface area contributed by atoms with Crippen molar-refractivity contribution in [1.82, 2.24) is 4.90 Å². The summed E-state index contributed by atoms with van der Waals surface area (Å²) in [6, 6.07) is 18.5. The van der Waals surface area contributed by atoms with Crippen LogP contribution in [0.3, 0.4) is 0 Å². The van der Waals surface area contributed by atoms with Gasteiger partial charge in [0.25, 0.3) is 0 Å². The van der Waals surface area contributed by atoms with Gasteiger partial charge in [-0.15, -0.1) is 0 Å². The van der Waals surface area contributed by atoms with Gasteiger partial charge in [0.1, 0.15) is 6.10 Å². The van der Waals surface area contributed by atoms with Crippen molar-refractivity contribution in [3.8, 4) is 6.19 Å². The molecule has 0 fully saturated rings. The molecule has 1 aliphatic rings. The number of benzene rings is 2. The van der Waals surface area contributed by atoms with Gasteiger partial charge in [-0.25, -0.2) is 0 Å². The Bertz CT molecular complexity index is 633. The lowest BCUT2D eigenvalue weighted by Gasteiger charge is -2.21. The average molecular weight is 278 g/mol. The van der Waals surface area contributed by atoms with Crippen molar-refractivity contribution in [2.45, 2.75) is 19.1 Å². The van der Waals surface area contributed by atoms with Crippen molar-refractivity contribution >= 4 is 0 Å². The maximum Gasteiger partial charge on any atom is 0.179 e. The molecule has 1 atom stereocenters. The van der Waals surface area contributed by atoms with Crippen LogP contribution in [0.25, 0.3) is 0 Å². The van der Waals surface area contributed by atoms with Crippen LogP contribution >= 0.6 is 0 Å². The SMILES string of the molecule is N#CN1CCCO[C@H](c2ccccc2)c2ccccc2C1. The van der Waals surface area contributed by atoms with Crippen molar-refractivity contribution in [2.24, 2.45) is 0 Å². The Morgan fingerprint density at radius 2 is 1.81 bits per heavy atom. The molecule has 0 saturated heterocycles. The summed E-state index contributed by atoms with van der Waals surface area (Å²) >= 11 is 0. The Kier molecular flexibility index (Phi) is 4.18. The molecular formula is C18H18N2O. The molecule has 0 aromatic heterocycles. The topological polar surface area (TPSA) is 36.3 Å². The third-order valence-electron chi connectivity index (χ3n) is 3.80. The summed E-state index contributed by atoms with van der Waals surface area (Å²) in [6.07, 6.45) is 3.08. The number of nitrogens with zero attached hydrogens (tertiary/aromatic N) is 2. The molecule has 2 aromatic carbocycles. The number of hydrogen-bond acceptors (Lipinski definition) is 3. The number of hydrogen-bond donors (Lipinski definition) is 0. The van der Waals surface area contributed by atoms with Gasteiger partial charge in [-0.05, 0) is 23.1 Å². The van der Waals surface area contributed by atoms with Gasteiger partial charge in [0, 0.05) is 13.2 Å². The lowest BCUT2D eigenvalue weighted by atomic mass is 9.96. The van der Waals surface area contributed by atoms with Crippen molar-refractivity contribution in [1.29, 1.82) is 5.26 Å².